The minimum absolute atomic E-state index is 0.0808. The number of hydrogen-bond donors (Lipinski definition) is 2. The smallest absolute Gasteiger partial charge is 0.339 e. The van der Waals surface area contributed by atoms with E-state index < -0.39 is 5.97 Å². The van der Waals surface area contributed by atoms with Crippen LogP contribution < -0.4 is 5.32 Å². The van der Waals surface area contributed by atoms with Crippen molar-refractivity contribution < 1.29 is 9.90 Å². The Hall–Kier alpha value is -1.91. The van der Waals surface area contributed by atoms with Crippen LogP contribution >= 0.6 is 0 Å². The highest BCUT2D eigenvalue weighted by molar-refractivity contribution is 5.92. The first kappa shape index (κ1) is 11.2. The van der Waals surface area contributed by atoms with Crippen LogP contribution in [0.4, 0.5) is 5.82 Å². The minimum Gasteiger partial charge on any atom is -0.478 e. The molecule has 1 atom stereocenters. The predicted octanol–water partition coefficient (Wildman–Crippen LogP) is 1.55. The van der Waals surface area contributed by atoms with E-state index in [1.54, 1.807) is 6.08 Å². The third-order valence-electron chi connectivity index (χ3n) is 1.85. The van der Waals surface area contributed by atoms with Crippen LogP contribution in [0.5, 0.6) is 0 Å². The van der Waals surface area contributed by atoms with E-state index in [-0.39, 0.29) is 11.6 Å². The van der Waals surface area contributed by atoms with Crippen LogP contribution in [0.15, 0.2) is 24.9 Å². The van der Waals surface area contributed by atoms with Crippen molar-refractivity contribution in [1.82, 2.24) is 10.2 Å². The van der Waals surface area contributed by atoms with Gasteiger partial charge in [-0.2, -0.15) is 5.10 Å². The van der Waals surface area contributed by atoms with Gasteiger partial charge >= 0.3 is 5.97 Å². The molecule has 0 aromatic carbocycles. The molecule has 0 aliphatic heterocycles. The topological polar surface area (TPSA) is 75.1 Å². The largest absolute Gasteiger partial charge is 0.478 e. The van der Waals surface area contributed by atoms with Gasteiger partial charge in [0.05, 0.1) is 6.20 Å². The second kappa shape index (κ2) is 5.09. The average Bonchev–Trinajstić information content (AvgIpc) is 2.18. The van der Waals surface area contributed by atoms with Gasteiger partial charge in [-0.15, -0.1) is 11.7 Å². The van der Waals surface area contributed by atoms with Crippen LogP contribution in [-0.4, -0.2) is 27.3 Å². The molecule has 5 nitrogen and oxygen atoms in total. The first-order valence-electron chi connectivity index (χ1n) is 4.57. The molecule has 0 radical (unpaired) electrons. The van der Waals surface area contributed by atoms with Crippen molar-refractivity contribution in [2.24, 2.45) is 0 Å². The highest BCUT2D eigenvalue weighted by atomic mass is 16.4. The molecule has 0 fully saturated rings. The number of carboxylic acid groups (broad SMARTS) is 1. The summed E-state index contributed by atoms with van der Waals surface area (Å²) >= 11 is 0. The molecule has 1 aromatic heterocycles. The van der Waals surface area contributed by atoms with Gasteiger partial charge in [0.15, 0.2) is 5.82 Å². The number of carboxylic acids is 1. The molecule has 0 aliphatic rings. The van der Waals surface area contributed by atoms with Gasteiger partial charge in [0.1, 0.15) is 5.56 Å². The van der Waals surface area contributed by atoms with Crippen LogP contribution in [0.3, 0.4) is 0 Å². The number of aromatic carboxylic acids is 1. The molecule has 0 saturated carbocycles. The normalized spacial score (nSPS) is 11.8. The quantitative estimate of drug-likeness (QED) is 0.716. The van der Waals surface area contributed by atoms with Gasteiger partial charge in [-0.05, 0) is 19.4 Å². The van der Waals surface area contributed by atoms with E-state index in [0.717, 1.165) is 6.42 Å². The molecular formula is C10H13N3O2. The molecule has 0 bridgehead atoms. The molecule has 15 heavy (non-hydrogen) atoms. The fourth-order valence-electron chi connectivity index (χ4n) is 1.15. The lowest BCUT2D eigenvalue weighted by molar-refractivity contribution is 0.0697. The summed E-state index contributed by atoms with van der Waals surface area (Å²) < 4.78 is 0. The van der Waals surface area contributed by atoms with Crippen LogP contribution in [-0.2, 0) is 0 Å². The fourth-order valence-corrected chi connectivity index (χ4v) is 1.15. The lowest BCUT2D eigenvalue weighted by Gasteiger charge is -2.12. The number of rotatable bonds is 5. The predicted molar refractivity (Wildman–Crippen MR) is 56.9 cm³/mol. The van der Waals surface area contributed by atoms with Crippen molar-refractivity contribution in [3.63, 3.8) is 0 Å². The van der Waals surface area contributed by atoms with Gasteiger partial charge in [-0.25, -0.2) is 4.79 Å². The van der Waals surface area contributed by atoms with E-state index in [1.165, 1.54) is 12.3 Å². The lowest BCUT2D eigenvalue weighted by atomic mass is 10.2. The van der Waals surface area contributed by atoms with E-state index in [2.05, 4.69) is 22.1 Å². The zero-order chi connectivity index (χ0) is 11.3. The highest BCUT2D eigenvalue weighted by Gasteiger charge is 2.12. The Morgan fingerprint density at radius 1 is 1.80 bits per heavy atom. The van der Waals surface area contributed by atoms with Crippen LogP contribution in [0.25, 0.3) is 0 Å². The Bertz CT molecular complexity index is 365. The number of nitrogens with zero attached hydrogens (tertiary/aromatic N) is 2. The van der Waals surface area contributed by atoms with Gasteiger partial charge in [-0.1, -0.05) is 6.08 Å². The number of carbonyl (C=O) groups is 1. The van der Waals surface area contributed by atoms with Crippen molar-refractivity contribution in [3.05, 3.63) is 30.5 Å². The molecule has 2 N–H and O–H groups in total. The Morgan fingerprint density at radius 2 is 2.53 bits per heavy atom. The van der Waals surface area contributed by atoms with E-state index in [9.17, 15) is 4.79 Å². The maximum Gasteiger partial charge on any atom is 0.339 e. The summed E-state index contributed by atoms with van der Waals surface area (Å²) in [5, 5.41) is 19.2. The van der Waals surface area contributed by atoms with Crippen LogP contribution in [0.1, 0.15) is 23.7 Å². The first-order valence-corrected chi connectivity index (χ1v) is 4.57. The Morgan fingerprint density at radius 3 is 3.13 bits per heavy atom. The van der Waals surface area contributed by atoms with E-state index in [0.29, 0.717) is 5.82 Å². The number of aromatic nitrogens is 2. The number of nitrogens with one attached hydrogen (secondary N) is 1. The van der Waals surface area contributed by atoms with E-state index in [4.69, 9.17) is 5.11 Å². The van der Waals surface area contributed by atoms with Gasteiger partial charge in [0, 0.05) is 6.04 Å². The third kappa shape index (κ3) is 3.05. The summed E-state index contributed by atoms with van der Waals surface area (Å²) in [6.45, 7) is 5.53. The second-order valence-corrected chi connectivity index (χ2v) is 3.17. The standard InChI is InChI=1S/C10H13N3O2/c1-3-4-7(2)12-9-8(10(14)15)5-6-11-13-9/h3,5-7H,1,4H2,2H3,(H,12,13)(H,14,15). The highest BCUT2D eigenvalue weighted by Crippen LogP contribution is 2.12. The Labute approximate surface area is 87.8 Å². The molecule has 1 unspecified atom stereocenters. The van der Waals surface area contributed by atoms with Crippen molar-refractivity contribution in [2.45, 2.75) is 19.4 Å². The van der Waals surface area contributed by atoms with Crippen molar-refractivity contribution in [3.8, 4) is 0 Å². The Kier molecular flexibility index (Phi) is 3.79. The number of hydrogen-bond acceptors (Lipinski definition) is 4. The Balaban J connectivity index is 2.84. The summed E-state index contributed by atoms with van der Waals surface area (Å²) in [6.07, 6.45) is 3.84. The molecule has 0 spiro atoms. The molecule has 0 aliphatic carbocycles. The zero-order valence-electron chi connectivity index (χ0n) is 8.47. The SMILES string of the molecule is C=CCC(C)Nc1nnccc1C(=O)O. The zero-order valence-corrected chi connectivity index (χ0v) is 8.47. The summed E-state index contributed by atoms with van der Waals surface area (Å²) in [5.74, 6) is -0.724. The molecule has 1 rings (SSSR count). The average molecular weight is 207 g/mol. The molecule has 1 heterocycles. The summed E-state index contributed by atoms with van der Waals surface area (Å²) in [5.41, 5.74) is 0.126. The van der Waals surface area contributed by atoms with Crippen LogP contribution in [0, 0.1) is 0 Å². The van der Waals surface area contributed by atoms with Gasteiger partial charge in [0.25, 0.3) is 0 Å². The van der Waals surface area contributed by atoms with Crippen LogP contribution in [0.2, 0.25) is 0 Å². The van der Waals surface area contributed by atoms with E-state index in [1.807, 2.05) is 6.92 Å². The first-order chi connectivity index (χ1) is 7.15. The fraction of sp³-hybridized carbons (Fsp3) is 0.300. The molecule has 5 heteroatoms. The second-order valence-electron chi connectivity index (χ2n) is 3.17. The molecule has 0 amide bonds. The lowest BCUT2D eigenvalue weighted by Crippen LogP contribution is -2.18. The maximum absolute atomic E-state index is 10.8. The van der Waals surface area contributed by atoms with Crippen molar-refractivity contribution >= 4 is 11.8 Å². The molecule has 1 aromatic rings. The summed E-state index contributed by atoms with van der Waals surface area (Å²) in [7, 11) is 0. The molecule has 80 valence electrons. The van der Waals surface area contributed by atoms with Gasteiger partial charge < -0.3 is 10.4 Å². The number of anilines is 1. The van der Waals surface area contributed by atoms with Crippen molar-refractivity contribution in [2.75, 3.05) is 5.32 Å². The van der Waals surface area contributed by atoms with Crippen molar-refractivity contribution in [1.29, 1.82) is 0 Å². The van der Waals surface area contributed by atoms with Gasteiger partial charge in [-0.3, -0.25) is 0 Å². The molecule has 0 saturated heterocycles. The monoisotopic (exact) mass is 207 g/mol. The van der Waals surface area contributed by atoms with Gasteiger partial charge in [0.2, 0.25) is 0 Å². The van der Waals surface area contributed by atoms with E-state index >= 15 is 0 Å². The summed E-state index contributed by atoms with van der Waals surface area (Å²) in [6, 6.07) is 1.50. The molecular weight excluding hydrogens is 194 g/mol. The maximum atomic E-state index is 10.8. The minimum atomic E-state index is -1.02. The summed E-state index contributed by atoms with van der Waals surface area (Å²) in [4.78, 5) is 10.8. The third-order valence-corrected chi connectivity index (χ3v) is 1.85.